The van der Waals surface area contributed by atoms with Gasteiger partial charge >= 0.3 is 0 Å². The Hall–Kier alpha value is 0.100. The summed E-state index contributed by atoms with van der Waals surface area (Å²) in [6.07, 6.45) is 20.3. The quantitative estimate of drug-likeness (QED) is 0.214. The summed E-state index contributed by atoms with van der Waals surface area (Å²) in [5, 5.41) is 0. The van der Waals surface area contributed by atoms with E-state index in [1.54, 1.807) is 0 Å². The molecule has 120 valence electrons. The summed E-state index contributed by atoms with van der Waals surface area (Å²) >= 11 is 0. The van der Waals surface area contributed by atoms with Crippen molar-refractivity contribution in [3.8, 4) is 0 Å². The van der Waals surface area contributed by atoms with E-state index in [9.17, 15) is 4.57 Å². The van der Waals surface area contributed by atoms with Gasteiger partial charge in [-0.15, -0.1) is 0 Å². The largest absolute Gasteiger partial charge is 0.275 e. The molecule has 0 saturated heterocycles. The SMILES string of the molecule is CCCCCCCCCCCCCC(C)CCCP=O. The molecule has 0 spiro atoms. The van der Waals surface area contributed by atoms with Crippen molar-refractivity contribution in [2.75, 3.05) is 6.16 Å². The molecule has 0 aromatic heterocycles. The number of rotatable bonds is 16. The number of unbranched alkanes of at least 4 members (excludes halogenated alkanes) is 10. The number of hydrogen-bond acceptors (Lipinski definition) is 1. The van der Waals surface area contributed by atoms with Crippen molar-refractivity contribution in [2.24, 2.45) is 5.92 Å². The van der Waals surface area contributed by atoms with E-state index in [0.29, 0.717) is 8.46 Å². The lowest BCUT2D eigenvalue weighted by Gasteiger charge is -2.09. The highest BCUT2D eigenvalue weighted by Gasteiger charge is 2.01. The fraction of sp³-hybridized carbons (Fsp3) is 1.00. The highest BCUT2D eigenvalue weighted by Crippen LogP contribution is 2.17. The summed E-state index contributed by atoms with van der Waals surface area (Å²) in [7, 11) is 0.324. The Morgan fingerprint density at radius 2 is 1.15 bits per heavy atom. The van der Waals surface area contributed by atoms with E-state index in [4.69, 9.17) is 0 Å². The lowest BCUT2D eigenvalue weighted by Crippen LogP contribution is -1.95. The highest BCUT2D eigenvalue weighted by atomic mass is 31.1. The first-order chi connectivity index (χ1) is 9.81. The standard InChI is InChI=1S/C18H37OP/c1-3-4-5-6-7-8-9-10-11-12-13-15-18(2)16-14-17-20-19/h18H,3-17H2,1-2H3. The van der Waals surface area contributed by atoms with Crippen molar-refractivity contribution in [3.63, 3.8) is 0 Å². The van der Waals surface area contributed by atoms with Crippen molar-refractivity contribution in [2.45, 2.75) is 104 Å². The minimum absolute atomic E-state index is 0.324. The Morgan fingerprint density at radius 1 is 0.700 bits per heavy atom. The van der Waals surface area contributed by atoms with Crippen LogP contribution >= 0.6 is 8.46 Å². The maximum absolute atomic E-state index is 10.3. The summed E-state index contributed by atoms with van der Waals surface area (Å²) in [6.45, 7) is 4.63. The van der Waals surface area contributed by atoms with E-state index in [-0.39, 0.29) is 0 Å². The van der Waals surface area contributed by atoms with Gasteiger partial charge in [0.15, 0.2) is 8.46 Å². The van der Waals surface area contributed by atoms with Crippen LogP contribution in [0.4, 0.5) is 0 Å². The van der Waals surface area contributed by atoms with Crippen LogP contribution in [0.1, 0.15) is 104 Å². The molecule has 0 aliphatic rings. The summed E-state index contributed by atoms with van der Waals surface area (Å²) in [6, 6.07) is 0. The van der Waals surface area contributed by atoms with Gasteiger partial charge in [-0.2, -0.15) is 0 Å². The van der Waals surface area contributed by atoms with Crippen LogP contribution in [0.5, 0.6) is 0 Å². The maximum atomic E-state index is 10.3. The molecule has 0 aromatic rings. The Morgan fingerprint density at radius 3 is 1.65 bits per heavy atom. The summed E-state index contributed by atoms with van der Waals surface area (Å²) in [4.78, 5) is 0. The molecule has 0 heterocycles. The van der Waals surface area contributed by atoms with E-state index in [1.165, 1.54) is 83.5 Å². The first-order valence-corrected chi connectivity index (χ1v) is 10.1. The van der Waals surface area contributed by atoms with Gasteiger partial charge in [-0.05, 0) is 18.8 Å². The molecule has 0 radical (unpaired) electrons. The van der Waals surface area contributed by atoms with Gasteiger partial charge in [0.25, 0.3) is 0 Å². The van der Waals surface area contributed by atoms with Crippen LogP contribution in [0.2, 0.25) is 0 Å². The average Bonchev–Trinajstić information content (AvgIpc) is 2.45. The molecule has 20 heavy (non-hydrogen) atoms. The molecule has 0 N–H and O–H groups in total. The molecule has 2 heteroatoms. The summed E-state index contributed by atoms with van der Waals surface area (Å²) < 4.78 is 10.3. The van der Waals surface area contributed by atoms with Crippen LogP contribution in [-0.4, -0.2) is 6.16 Å². The molecule has 1 unspecified atom stereocenters. The van der Waals surface area contributed by atoms with Crippen LogP contribution in [-0.2, 0) is 4.57 Å². The maximum Gasteiger partial charge on any atom is 0.155 e. The first kappa shape index (κ1) is 20.1. The van der Waals surface area contributed by atoms with Crippen LogP contribution in [0.3, 0.4) is 0 Å². The fourth-order valence-corrected chi connectivity index (χ4v) is 3.12. The van der Waals surface area contributed by atoms with Gasteiger partial charge in [0, 0.05) is 6.16 Å². The van der Waals surface area contributed by atoms with Gasteiger partial charge in [0.1, 0.15) is 0 Å². The van der Waals surface area contributed by atoms with E-state index < -0.39 is 0 Å². The van der Waals surface area contributed by atoms with E-state index in [1.807, 2.05) is 0 Å². The molecular weight excluding hydrogens is 263 g/mol. The predicted molar refractivity (Wildman–Crippen MR) is 91.9 cm³/mol. The van der Waals surface area contributed by atoms with Gasteiger partial charge in [0.05, 0.1) is 0 Å². The van der Waals surface area contributed by atoms with Gasteiger partial charge in [0.2, 0.25) is 0 Å². The molecule has 0 bridgehead atoms. The Balaban J connectivity index is 3.06. The molecule has 0 aliphatic heterocycles. The van der Waals surface area contributed by atoms with E-state index in [0.717, 1.165) is 18.5 Å². The van der Waals surface area contributed by atoms with Gasteiger partial charge < -0.3 is 0 Å². The van der Waals surface area contributed by atoms with Gasteiger partial charge in [-0.25, -0.2) is 0 Å². The second-order valence-electron chi connectivity index (χ2n) is 6.42. The first-order valence-electron chi connectivity index (χ1n) is 9.10. The third-order valence-electron chi connectivity index (χ3n) is 4.25. The molecule has 1 nitrogen and oxygen atoms in total. The predicted octanol–water partition coefficient (Wildman–Crippen LogP) is 7.40. The van der Waals surface area contributed by atoms with Crippen LogP contribution in [0.15, 0.2) is 0 Å². The van der Waals surface area contributed by atoms with Gasteiger partial charge in [-0.1, -0.05) is 90.9 Å². The monoisotopic (exact) mass is 300 g/mol. The minimum atomic E-state index is 0.324. The summed E-state index contributed by atoms with van der Waals surface area (Å²) in [5.74, 6) is 0.829. The zero-order chi connectivity index (χ0) is 14.9. The summed E-state index contributed by atoms with van der Waals surface area (Å²) in [5.41, 5.74) is 0. The third-order valence-corrected chi connectivity index (χ3v) is 4.75. The second-order valence-corrected chi connectivity index (χ2v) is 7.13. The lowest BCUT2D eigenvalue weighted by atomic mass is 9.98. The van der Waals surface area contributed by atoms with Crippen LogP contribution < -0.4 is 0 Å². The molecule has 0 fully saturated rings. The average molecular weight is 300 g/mol. The topological polar surface area (TPSA) is 17.1 Å². The van der Waals surface area contributed by atoms with Crippen LogP contribution in [0.25, 0.3) is 0 Å². The van der Waals surface area contributed by atoms with Crippen molar-refractivity contribution in [1.29, 1.82) is 0 Å². The minimum Gasteiger partial charge on any atom is -0.275 e. The molecule has 0 amide bonds. The highest BCUT2D eigenvalue weighted by molar-refractivity contribution is 7.23. The van der Waals surface area contributed by atoms with Crippen LogP contribution in [0, 0.1) is 5.92 Å². The molecule has 0 rings (SSSR count). The Labute approximate surface area is 129 Å². The van der Waals surface area contributed by atoms with Crippen molar-refractivity contribution in [1.82, 2.24) is 0 Å². The lowest BCUT2D eigenvalue weighted by molar-refractivity contribution is 0.450. The van der Waals surface area contributed by atoms with E-state index >= 15 is 0 Å². The van der Waals surface area contributed by atoms with Crippen molar-refractivity contribution >= 4 is 8.46 Å². The zero-order valence-electron chi connectivity index (χ0n) is 14.0. The Kier molecular flexibility index (Phi) is 17.2. The zero-order valence-corrected chi connectivity index (χ0v) is 14.9. The molecular formula is C18H37OP. The molecule has 0 saturated carbocycles. The molecule has 0 aromatic carbocycles. The molecule has 1 atom stereocenters. The number of hydrogen-bond donors (Lipinski definition) is 0. The normalized spacial score (nSPS) is 12.9. The van der Waals surface area contributed by atoms with E-state index in [2.05, 4.69) is 13.8 Å². The molecule has 0 aliphatic carbocycles. The third kappa shape index (κ3) is 16.2. The Bertz CT molecular complexity index is 194. The van der Waals surface area contributed by atoms with Crippen molar-refractivity contribution < 1.29 is 4.57 Å². The van der Waals surface area contributed by atoms with Crippen molar-refractivity contribution in [3.05, 3.63) is 0 Å². The van der Waals surface area contributed by atoms with Gasteiger partial charge in [-0.3, -0.25) is 4.57 Å². The fourth-order valence-electron chi connectivity index (χ4n) is 2.81. The second kappa shape index (κ2) is 17.2. The smallest absolute Gasteiger partial charge is 0.155 e.